The summed E-state index contributed by atoms with van der Waals surface area (Å²) in [5.41, 5.74) is 2.93. The van der Waals surface area contributed by atoms with Crippen LogP contribution in [0.2, 0.25) is 0 Å². The van der Waals surface area contributed by atoms with Gasteiger partial charge in [-0.1, -0.05) is 30.4 Å². The Morgan fingerprint density at radius 2 is 2.14 bits per heavy atom. The fourth-order valence-corrected chi connectivity index (χ4v) is 0.900. The summed E-state index contributed by atoms with van der Waals surface area (Å²) in [5.74, 6) is -0.227. The lowest BCUT2D eigenvalue weighted by atomic mass is 10.2. The number of rotatable bonds is 4. The second-order valence-electron chi connectivity index (χ2n) is 2.68. The highest BCUT2D eigenvalue weighted by molar-refractivity contribution is 5.93. The summed E-state index contributed by atoms with van der Waals surface area (Å²) in [6, 6.07) is 8.93. The lowest BCUT2D eigenvalue weighted by Crippen LogP contribution is -2.23. The maximum atomic E-state index is 11.3. The average Bonchev–Trinajstić information content (AvgIpc) is 2.25. The third kappa shape index (κ3) is 3.41. The summed E-state index contributed by atoms with van der Waals surface area (Å²) in [4.78, 5) is 16.3. The summed E-state index contributed by atoms with van der Waals surface area (Å²) in [6.45, 7) is 2.28. The lowest BCUT2D eigenvalue weighted by molar-refractivity contribution is 0.0421. The van der Waals surface area contributed by atoms with E-state index in [1.165, 1.54) is 0 Å². The van der Waals surface area contributed by atoms with Crippen LogP contribution < -0.4 is 5.48 Å². The van der Waals surface area contributed by atoms with Crippen molar-refractivity contribution in [3.8, 4) is 0 Å². The Hall–Kier alpha value is -1.61. The molecule has 0 heterocycles. The molecule has 1 N–H and O–H groups in total. The van der Waals surface area contributed by atoms with E-state index in [0.29, 0.717) is 12.2 Å². The van der Waals surface area contributed by atoms with Crippen molar-refractivity contribution in [2.75, 3.05) is 6.61 Å². The Morgan fingerprint density at radius 3 is 2.79 bits per heavy atom. The molecule has 0 atom stereocenters. The van der Waals surface area contributed by atoms with E-state index in [4.69, 9.17) is 4.84 Å². The minimum absolute atomic E-state index is 0.227. The predicted octanol–water partition coefficient (Wildman–Crippen LogP) is 1.92. The molecule has 0 fully saturated rings. The van der Waals surface area contributed by atoms with Crippen LogP contribution in [0.25, 0.3) is 0 Å². The van der Waals surface area contributed by atoms with Crippen LogP contribution in [0.4, 0.5) is 0 Å². The molecule has 0 saturated carbocycles. The van der Waals surface area contributed by atoms with Crippen molar-refractivity contribution in [2.45, 2.75) is 6.92 Å². The van der Waals surface area contributed by atoms with Crippen LogP contribution in [0.1, 0.15) is 17.3 Å². The highest BCUT2D eigenvalue weighted by Crippen LogP contribution is 1.97. The fraction of sp³-hybridized carbons (Fsp3) is 0.182. The van der Waals surface area contributed by atoms with Crippen LogP contribution in [0.15, 0.2) is 42.5 Å². The molecule has 0 aromatic heterocycles. The maximum absolute atomic E-state index is 11.3. The van der Waals surface area contributed by atoms with Crippen molar-refractivity contribution < 1.29 is 9.63 Å². The standard InChI is InChI=1S/C11H13NO2/c1-2-3-9-14-12-11(13)10-7-5-4-6-8-10/h2-8H,9H2,1H3,(H,12,13). The smallest absolute Gasteiger partial charge is 0.269 e. The quantitative estimate of drug-likeness (QED) is 0.448. The molecule has 14 heavy (non-hydrogen) atoms. The first kappa shape index (κ1) is 10.5. The van der Waals surface area contributed by atoms with Gasteiger partial charge in [0.15, 0.2) is 0 Å². The van der Waals surface area contributed by atoms with Gasteiger partial charge in [-0.15, -0.1) is 0 Å². The predicted molar refractivity (Wildman–Crippen MR) is 54.7 cm³/mol. The molecule has 74 valence electrons. The van der Waals surface area contributed by atoms with Crippen molar-refractivity contribution in [1.82, 2.24) is 5.48 Å². The number of hydroxylamine groups is 1. The van der Waals surface area contributed by atoms with Crippen LogP contribution in [0, 0.1) is 0 Å². The number of benzene rings is 1. The first-order valence-electron chi connectivity index (χ1n) is 4.43. The topological polar surface area (TPSA) is 38.3 Å². The Labute approximate surface area is 83.3 Å². The molecule has 0 aliphatic heterocycles. The van der Waals surface area contributed by atoms with E-state index in [2.05, 4.69) is 5.48 Å². The largest absolute Gasteiger partial charge is 0.274 e. The molecule has 3 nitrogen and oxygen atoms in total. The van der Waals surface area contributed by atoms with E-state index in [1.54, 1.807) is 24.3 Å². The Balaban J connectivity index is 2.36. The van der Waals surface area contributed by atoms with Gasteiger partial charge in [0, 0.05) is 5.56 Å². The SMILES string of the molecule is CC=CCONC(=O)c1ccccc1. The van der Waals surface area contributed by atoms with Crippen LogP contribution in [0.5, 0.6) is 0 Å². The zero-order valence-corrected chi connectivity index (χ0v) is 8.07. The molecule has 0 aliphatic rings. The Morgan fingerprint density at radius 1 is 1.43 bits per heavy atom. The number of hydrogen-bond donors (Lipinski definition) is 1. The van der Waals surface area contributed by atoms with Crippen molar-refractivity contribution >= 4 is 5.91 Å². The second kappa shape index (κ2) is 5.94. The van der Waals surface area contributed by atoms with Crippen molar-refractivity contribution in [2.24, 2.45) is 0 Å². The average molecular weight is 191 g/mol. The number of nitrogens with one attached hydrogen (secondary N) is 1. The van der Waals surface area contributed by atoms with E-state index in [-0.39, 0.29) is 5.91 Å². The molecule has 1 rings (SSSR count). The molecule has 0 aliphatic carbocycles. The summed E-state index contributed by atoms with van der Waals surface area (Å²) in [7, 11) is 0. The molecule has 0 unspecified atom stereocenters. The molecule has 1 aromatic carbocycles. The van der Waals surface area contributed by atoms with Crippen molar-refractivity contribution in [1.29, 1.82) is 0 Å². The van der Waals surface area contributed by atoms with Crippen molar-refractivity contribution in [3.63, 3.8) is 0 Å². The van der Waals surface area contributed by atoms with Gasteiger partial charge in [0.05, 0.1) is 6.61 Å². The summed E-state index contributed by atoms with van der Waals surface area (Å²) in [6.07, 6.45) is 3.67. The lowest BCUT2D eigenvalue weighted by Gasteiger charge is -2.02. The van der Waals surface area contributed by atoms with Crippen LogP contribution in [-0.2, 0) is 4.84 Å². The maximum Gasteiger partial charge on any atom is 0.274 e. The minimum Gasteiger partial charge on any atom is -0.269 e. The van der Waals surface area contributed by atoms with Gasteiger partial charge >= 0.3 is 0 Å². The summed E-state index contributed by atoms with van der Waals surface area (Å²) in [5, 5.41) is 0. The molecular formula is C11H13NO2. The van der Waals surface area contributed by atoms with Gasteiger partial charge in [-0.05, 0) is 19.1 Å². The molecule has 0 spiro atoms. The van der Waals surface area contributed by atoms with Crippen LogP contribution >= 0.6 is 0 Å². The number of allylic oxidation sites excluding steroid dienone is 1. The zero-order valence-electron chi connectivity index (χ0n) is 8.07. The summed E-state index contributed by atoms with van der Waals surface area (Å²) >= 11 is 0. The second-order valence-corrected chi connectivity index (χ2v) is 2.68. The molecule has 3 heteroatoms. The highest BCUT2D eigenvalue weighted by atomic mass is 16.6. The van der Waals surface area contributed by atoms with Crippen LogP contribution in [-0.4, -0.2) is 12.5 Å². The van der Waals surface area contributed by atoms with Gasteiger partial charge in [-0.3, -0.25) is 9.63 Å². The number of carbonyl (C=O) groups is 1. The minimum atomic E-state index is -0.227. The molecule has 1 aromatic rings. The number of amides is 1. The van der Waals surface area contributed by atoms with E-state index >= 15 is 0 Å². The third-order valence-electron chi connectivity index (χ3n) is 1.62. The number of hydrogen-bond acceptors (Lipinski definition) is 2. The fourth-order valence-electron chi connectivity index (χ4n) is 0.900. The molecule has 1 amide bonds. The van der Waals surface area contributed by atoms with E-state index in [0.717, 1.165) is 0 Å². The zero-order chi connectivity index (χ0) is 10.2. The number of carbonyl (C=O) groups excluding carboxylic acids is 1. The monoisotopic (exact) mass is 191 g/mol. The molecular weight excluding hydrogens is 178 g/mol. The van der Waals surface area contributed by atoms with E-state index in [1.807, 2.05) is 25.1 Å². The van der Waals surface area contributed by atoms with Gasteiger partial charge < -0.3 is 0 Å². The van der Waals surface area contributed by atoms with Gasteiger partial charge in [0.2, 0.25) is 0 Å². The first-order chi connectivity index (χ1) is 6.84. The Bertz CT molecular complexity index is 306. The molecule has 0 radical (unpaired) electrons. The normalized spacial score (nSPS) is 10.4. The van der Waals surface area contributed by atoms with Gasteiger partial charge in [0.25, 0.3) is 5.91 Å². The van der Waals surface area contributed by atoms with Crippen molar-refractivity contribution in [3.05, 3.63) is 48.0 Å². The van der Waals surface area contributed by atoms with E-state index < -0.39 is 0 Å². The van der Waals surface area contributed by atoms with Gasteiger partial charge in [0.1, 0.15) is 0 Å². The molecule has 0 bridgehead atoms. The van der Waals surface area contributed by atoms with Gasteiger partial charge in [-0.25, -0.2) is 5.48 Å². The van der Waals surface area contributed by atoms with Gasteiger partial charge in [-0.2, -0.15) is 0 Å². The molecule has 0 saturated heterocycles. The van der Waals surface area contributed by atoms with E-state index in [9.17, 15) is 4.79 Å². The van der Waals surface area contributed by atoms with Crippen LogP contribution in [0.3, 0.4) is 0 Å². The third-order valence-corrected chi connectivity index (χ3v) is 1.62. The summed E-state index contributed by atoms with van der Waals surface area (Å²) < 4.78 is 0. The first-order valence-corrected chi connectivity index (χ1v) is 4.43. The Kier molecular flexibility index (Phi) is 4.44. The highest BCUT2D eigenvalue weighted by Gasteiger charge is 2.02.